The molecule has 1 fully saturated rings. The third kappa shape index (κ3) is 2.70. The Morgan fingerprint density at radius 1 is 1.45 bits per heavy atom. The van der Waals surface area contributed by atoms with Gasteiger partial charge >= 0.3 is 0 Å². The van der Waals surface area contributed by atoms with Crippen molar-refractivity contribution in [2.24, 2.45) is 0 Å². The van der Waals surface area contributed by atoms with Crippen LogP contribution in [0.2, 0.25) is 5.02 Å². The van der Waals surface area contributed by atoms with Crippen LogP contribution in [0.25, 0.3) is 0 Å². The van der Waals surface area contributed by atoms with Crippen LogP contribution in [0.15, 0.2) is 18.2 Å². The summed E-state index contributed by atoms with van der Waals surface area (Å²) < 4.78 is 12.2. The van der Waals surface area contributed by atoms with E-state index in [2.05, 4.69) is 24.8 Å². The molecule has 1 aromatic rings. The van der Waals surface area contributed by atoms with Crippen LogP contribution in [0.5, 0.6) is 0 Å². The third-order valence-electron chi connectivity index (χ3n) is 4.24. The highest BCUT2D eigenvalue weighted by atomic mass is 35.5. The first kappa shape index (κ1) is 15.3. The summed E-state index contributed by atoms with van der Waals surface area (Å²) in [6, 6.07) is 7.59. The number of hydrogen-bond donors (Lipinski definition) is 0. The van der Waals surface area contributed by atoms with Crippen LogP contribution in [-0.2, 0) is 10.8 Å². The molecule has 1 atom stereocenters. The van der Waals surface area contributed by atoms with E-state index in [1.54, 1.807) is 6.07 Å². The van der Waals surface area contributed by atoms with Crippen molar-refractivity contribution in [3.05, 3.63) is 28.8 Å². The Hall–Kier alpha value is -1.05. The van der Waals surface area contributed by atoms with Crippen molar-refractivity contribution >= 4 is 28.1 Å². The van der Waals surface area contributed by atoms with Crippen LogP contribution >= 0.6 is 11.6 Å². The van der Waals surface area contributed by atoms with E-state index in [0.29, 0.717) is 16.3 Å². The second-order valence-electron chi connectivity index (χ2n) is 5.14. The molecule has 0 radical (unpaired) electrons. The Morgan fingerprint density at radius 2 is 2.15 bits per heavy atom. The largest absolute Gasteiger partial charge is 0.369 e. The summed E-state index contributed by atoms with van der Waals surface area (Å²) in [6.45, 7) is 5.78. The van der Waals surface area contributed by atoms with Crippen LogP contribution in [0, 0.1) is 11.3 Å². The molecule has 0 saturated carbocycles. The maximum Gasteiger partial charge on any atom is 0.101 e. The van der Waals surface area contributed by atoms with Gasteiger partial charge in [-0.3, -0.25) is 4.21 Å². The number of halogens is 1. The number of benzene rings is 1. The van der Waals surface area contributed by atoms with Gasteiger partial charge in [0.1, 0.15) is 6.07 Å². The number of anilines is 1. The second-order valence-corrected chi connectivity index (χ2v) is 7.51. The fourth-order valence-corrected chi connectivity index (χ4v) is 4.70. The minimum absolute atomic E-state index is 0.126. The van der Waals surface area contributed by atoms with Gasteiger partial charge < -0.3 is 4.90 Å². The first-order valence-electron chi connectivity index (χ1n) is 6.89. The quantitative estimate of drug-likeness (QED) is 0.860. The number of rotatable bonds is 3. The summed E-state index contributed by atoms with van der Waals surface area (Å²) in [6.07, 6.45) is 1.83. The molecule has 2 rings (SSSR count). The SMILES string of the molecule is CCC1(CC)CN(c2ccc(C#N)c(Cl)c2)CCS1=O. The number of nitriles is 1. The standard InChI is InChI=1S/C15H19ClN2OS/c1-3-15(4-2)11-18(7-8-20(15)19)13-6-5-12(10-17)14(16)9-13/h5-6,9H,3-4,7-8,11H2,1-2H3. The van der Waals surface area contributed by atoms with Gasteiger partial charge in [-0.15, -0.1) is 0 Å². The van der Waals surface area contributed by atoms with Gasteiger partial charge in [0.25, 0.3) is 0 Å². The fourth-order valence-electron chi connectivity index (χ4n) is 2.72. The average molecular weight is 311 g/mol. The Kier molecular flexibility index (Phi) is 4.72. The predicted octanol–water partition coefficient (Wildman–Crippen LogP) is 3.34. The zero-order valence-corrected chi connectivity index (χ0v) is 13.4. The molecule has 1 saturated heterocycles. The van der Waals surface area contributed by atoms with Crippen LogP contribution in [-0.4, -0.2) is 27.8 Å². The average Bonchev–Trinajstić information content (AvgIpc) is 2.48. The number of nitrogens with zero attached hydrogens (tertiary/aromatic N) is 2. The summed E-state index contributed by atoms with van der Waals surface area (Å²) in [5, 5.41) is 9.41. The minimum Gasteiger partial charge on any atom is -0.369 e. The third-order valence-corrected chi connectivity index (χ3v) is 6.77. The molecule has 0 aliphatic carbocycles. The number of hydrogen-bond acceptors (Lipinski definition) is 3. The zero-order chi connectivity index (χ0) is 14.8. The summed E-state index contributed by atoms with van der Waals surface area (Å²) in [5.74, 6) is 0.694. The Bertz CT molecular complexity index is 563. The van der Waals surface area contributed by atoms with Gasteiger partial charge in [0.05, 0.1) is 15.3 Å². The van der Waals surface area contributed by atoms with Crippen LogP contribution in [0.1, 0.15) is 32.3 Å². The maximum atomic E-state index is 12.3. The first-order chi connectivity index (χ1) is 9.56. The molecule has 1 aromatic carbocycles. The molecule has 5 heteroatoms. The molecule has 0 spiro atoms. The highest BCUT2D eigenvalue weighted by molar-refractivity contribution is 7.86. The normalized spacial score (nSPS) is 21.5. The van der Waals surface area contributed by atoms with Crippen molar-refractivity contribution < 1.29 is 4.21 Å². The van der Waals surface area contributed by atoms with Gasteiger partial charge in [-0.05, 0) is 31.0 Å². The maximum absolute atomic E-state index is 12.3. The smallest absolute Gasteiger partial charge is 0.101 e. The van der Waals surface area contributed by atoms with Crippen molar-refractivity contribution in [3.63, 3.8) is 0 Å². The van der Waals surface area contributed by atoms with E-state index in [4.69, 9.17) is 16.9 Å². The fraction of sp³-hybridized carbons (Fsp3) is 0.533. The van der Waals surface area contributed by atoms with Crippen molar-refractivity contribution in [2.45, 2.75) is 31.4 Å². The highest BCUT2D eigenvalue weighted by Crippen LogP contribution is 2.32. The lowest BCUT2D eigenvalue weighted by molar-refractivity contribution is 0.496. The Labute approximate surface area is 128 Å². The summed E-state index contributed by atoms with van der Waals surface area (Å²) in [5.41, 5.74) is 1.50. The van der Waals surface area contributed by atoms with E-state index in [9.17, 15) is 4.21 Å². The molecule has 1 heterocycles. The predicted molar refractivity (Wildman–Crippen MR) is 84.7 cm³/mol. The minimum atomic E-state index is -0.769. The molecule has 20 heavy (non-hydrogen) atoms. The Morgan fingerprint density at radius 3 is 2.70 bits per heavy atom. The van der Waals surface area contributed by atoms with Gasteiger partial charge in [0.15, 0.2) is 0 Å². The molecule has 1 aliphatic heterocycles. The molecule has 1 unspecified atom stereocenters. The van der Waals surface area contributed by atoms with Gasteiger partial charge in [-0.1, -0.05) is 25.4 Å². The lowest BCUT2D eigenvalue weighted by Gasteiger charge is -2.42. The molecule has 0 aromatic heterocycles. The molecule has 0 bridgehead atoms. The molecule has 0 amide bonds. The highest BCUT2D eigenvalue weighted by Gasteiger charge is 2.38. The summed E-state index contributed by atoms with van der Waals surface area (Å²) >= 11 is 6.11. The van der Waals surface area contributed by atoms with Crippen LogP contribution in [0.3, 0.4) is 0 Å². The molecular weight excluding hydrogens is 292 g/mol. The van der Waals surface area contributed by atoms with E-state index in [1.165, 1.54) is 0 Å². The van der Waals surface area contributed by atoms with Crippen molar-refractivity contribution in [3.8, 4) is 6.07 Å². The zero-order valence-electron chi connectivity index (χ0n) is 11.9. The molecule has 3 nitrogen and oxygen atoms in total. The van der Waals surface area contributed by atoms with Gasteiger partial charge in [0, 0.05) is 35.3 Å². The summed E-state index contributed by atoms with van der Waals surface area (Å²) in [7, 11) is -0.769. The van der Waals surface area contributed by atoms with E-state index in [1.807, 2.05) is 12.1 Å². The van der Waals surface area contributed by atoms with E-state index in [-0.39, 0.29) is 4.75 Å². The Balaban J connectivity index is 2.28. The molecule has 1 aliphatic rings. The monoisotopic (exact) mass is 310 g/mol. The second kappa shape index (κ2) is 6.15. The van der Waals surface area contributed by atoms with E-state index < -0.39 is 10.8 Å². The molecule has 108 valence electrons. The van der Waals surface area contributed by atoms with Gasteiger partial charge in [0.2, 0.25) is 0 Å². The molecular formula is C15H19ClN2OS. The van der Waals surface area contributed by atoms with E-state index >= 15 is 0 Å². The van der Waals surface area contributed by atoms with Crippen molar-refractivity contribution in [1.29, 1.82) is 5.26 Å². The van der Waals surface area contributed by atoms with Crippen molar-refractivity contribution in [2.75, 3.05) is 23.7 Å². The van der Waals surface area contributed by atoms with Gasteiger partial charge in [-0.2, -0.15) is 5.26 Å². The lowest BCUT2D eigenvalue weighted by Crippen LogP contribution is -2.53. The lowest BCUT2D eigenvalue weighted by atomic mass is 10.0. The van der Waals surface area contributed by atoms with Crippen LogP contribution in [0.4, 0.5) is 5.69 Å². The van der Waals surface area contributed by atoms with E-state index in [0.717, 1.165) is 31.6 Å². The topological polar surface area (TPSA) is 44.1 Å². The van der Waals surface area contributed by atoms with Gasteiger partial charge in [-0.25, -0.2) is 0 Å². The van der Waals surface area contributed by atoms with Crippen molar-refractivity contribution in [1.82, 2.24) is 0 Å². The summed E-state index contributed by atoms with van der Waals surface area (Å²) in [4.78, 5) is 2.24. The first-order valence-corrected chi connectivity index (χ1v) is 8.59. The molecule has 0 N–H and O–H groups in total. The van der Waals surface area contributed by atoms with Crippen LogP contribution < -0.4 is 4.90 Å².